The van der Waals surface area contributed by atoms with Crippen LogP contribution in [-0.4, -0.2) is 20.6 Å². The number of nitrogens with one attached hydrogen (secondary N) is 1. The summed E-state index contributed by atoms with van der Waals surface area (Å²) >= 11 is 0. The third-order valence-corrected chi connectivity index (χ3v) is 3.45. The molecule has 1 amide bonds. The molecule has 0 aliphatic rings. The lowest BCUT2D eigenvalue weighted by molar-refractivity contribution is -0.384. The maximum absolute atomic E-state index is 12.3. The van der Waals surface area contributed by atoms with Crippen LogP contribution in [0.15, 0.2) is 66.9 Å². The SMILES string of the molecule is O=C(Nc1ccnn1Cc1ccccc1)c1cccc([N+](=O)[O-])c1. The number of hydrogen-bond acceptors (Lipinski definition) is 4. The summed E-state index contributed by atoms with van der Waals surface area (Å²) in [6.45, 7) is 0.512. The number of amides is 1. The lowest BCUT2D eigenvalue weighted by Gasteiger charge is -2.09. The van der Waals surface area contributed by atoms with Crippen molar-refractivity contribution in [3.05, 3.63) is 88.1 Å². The van der Waals surface area contributed by atoms with Crippen molar-refractivity contribution in [1.82, 2.24) is 9.78 Å². The average molecular weight is 322 g/mol. The van der Waals surface area contributed by atoms with Crippen molar-refractivity contribution in [2.75, 3.05) is 5.32 Å². The van der Waals surface area contributed by atoms with Gasteiger partial charge in [0.1, 0.15) is 5.82 Å². The second-order valence-electron chi connectivity index (χ2n) is 5.12. The molecule has 0 bridgehead atoms. The predicted octanol–water partition coefficient (Wildman–Crippen LogP) is 3.09. The Morgan fingerprint density at radius 3 is 2.67 bits per heavy atom. The number of nitro groups is 1. The van der Waals surface area contributed by atoms with Crippen LogP contribution >= 0.6 is 0 Å². The van der Waals surface area contributed by atoms with E-state index in [1.165, 1.54) is 24.3 Å². The molecule has 7 heteroatoms. The molecule has 7 nitrogen and oxygen atoms in total. The summed E-state index contributed by atoms with van der Waals surface area (Å²) in [5.74, 6) is 0.101. The molecule has 3 aromatic rings. The number of non-ortho nitro benzene ring substituents is 1. The average Bonchev–Trinajstić information content (AvgIpc) is 3.02. The Morgan fingerprint density at radius 2 is 1.92 bits per heavy atom. The van der Waals surface area contributed by atoms with Gasteiger partial charge in [-0.05, 0) is 11.6 Å². The first-order chi connectivity index (χ1) is 11.6. The van der Waals surface area contributed by atoms with E-state index in [4.69, 9.17) is 0 Å². The van der Waals surface area contributed by atoms with Crippen molar-refractivity contribution < 1.29 is 9.72 Å². The van der Waals surface area contributed by atoms with Crippen molar-refractivity contribution in [2.24, 2.45) is 0 Å². The number of nitrogens with zero attached hydrogens (tertiary/aromatic N) is 3. The van der Waals surface area contributed by atoms with E-state index in [9.17, 15) is 14.9 Å². The fourth-order valence-electron chi connectivity index (χ4n) is 2.27. The maximum Gasteiger partial charge on any atom is 0.270 e. The number of aromatic nitrogens is 2. The van der Waals surface area contributed by atoms with E-state index in [1.807, 2.05) is 30.3 Å². The lowest BCUT2D eigenvalue weighted by atomic mass is 10.2. The number of hydrogen-bond donors (Lipinski definition) is 1. The summed E-state index contributed by atoms with van der Waals surface area (Å²) in [4.78, 5) is 22.6. The highest BCUT2D eigenvalue weighted by Gasteiger charge is 2.13. The van der Waals surface area contributed by atoms with E-state index < -0.39 is 10.8 Å². The monoisotopic (exact) mass is 322 g/mol. The summed E-state index contributed by atoms with van der Waals surface area (Å²) in [6, 6.07) is 17.0. The molecule has 2 aromatic carbocycles. The molecule has 24 heavy (non-hydrogen) atoms. The summed E-state index contributed by atoms with van der Waals surface area (Å²) < 4.78 is 1.66. The van der Waals surface area contributed by atoms with Crippen LogP contribution in [0.3, 0.4) is 0 Å². The predicted molar refractivity (Wildman–Crippen MR) is 88.8 cm³/mol. The number of anilines is 1. The molecule has 3 rings (SSSR count). The van der Waals surface area contributed by atoms with Gasteiger partial charge < -0.3 is 5.32 Å². The molecule has 0 spiro atoms. The Bertz CT molecular complexity index is 874. The fourth-order valence-corrected chi connectivity index (χ4v) is 2.27. The van der Waals surface area contributed by atoms with E-state index in [0.717, 1.165) is 5.56 Å². The minimum absolute atomic E-state index is 0.125. The van der Waals surface area contributed by atoms with Crippen molar-refractivity contribution in [3.8, 4) is 0 Å². The molecule has 1 N–H and O–H groups in total. The Balaban J connectivity index is 1.77. The molecular formula is C17H14N4O3. The van der Waals surface area contributed by atoms with E-state index in [-0.39, 0.29) is 11.3 Å². The molecule has 0 saturated heterocycles. The summed E-state index contributed by atoms with van der Waals surface area (Å²) in [6.07, 6.45) is 1.59. The summed E-state index contributed by atoms with van der Waals surface area (Å²) in [7, 11) is 0. The van der Waals surface area contributed by atoms with Crippen LogP contribution in [0, 0.1) is 10.1 Å². The van der Waals surface area contributed by atoms with Gasteiger partial charge in [-0.15, -0.1) is 0 Å². The zero-order valence-corrected chi connectivity index (χ0v) is 12.6. The largest absolute Gasteiger partial charge is 0.307 e. The van der Waals surface area contributed by atoms with Crippen molar-refractivity contribution in [3.63, 3.8) is 0 Å². The number of rotatable bonds is 5. The Kier molecular flexibility index (Phi) is 4.33. The van der Waals surface area contributed by atoms with Crippen molar-refractivity contribution in [2.45, 2.75) is 6.54 Å². The first-order valence-corrected chi connectivity index (χ1v) is 7.25. The van der Waals surface area contributed by atoms with Crippen LogP contribution in [0.4, 0.5) is 11.5 Å². The van der Waals surface area contributed by atoms with Crippen LogP contribution < -0.4 is 5.32 Å². The summed E-state index contributed by atoms with van der Waals surface area (Å²) in [5.41, 5.74) is 1.14. The van der Waals surface area contributed by atoms with Crippen molar-refractivity contribution >= 4 is 17.4 Å². The second kappa shape index (κ2) is 6.74. The Morgan fingerprint density at radius 1 is 1.12 bits per heavy atom. The van der Waals surface area contributed by atoms with Crippen LogP contribution in [0.1, 0.15) is 15.9 Å². The van der Waals surface area contributed by atoms with Gasteiger partial charge in [0.05, 0.1) is 17.7 Å². The van der Waals surface area contributed by atoms with E-state index in [2.05, 4.69) is 10.4 Å². The zero-order valence-electron chi connectivity index (χ0n) is 12.6. The molecule has 0 radical (unpaired) electrons. The molecule has 0 saturated carbocycles. The zero-order chi connectivity index (χ0) is 16.9. The minimum Gasteiger partial charge on any atom is -0.307 e. The van der Waals surface area contributed by atoms with Gasteiger partial charge in [0, 0.05) is 23.8 Å². The van der Waals surface area contributed by atoms with Gasteiger partial charge in [-0.3, -0.25) is 14.9 Å². The maximum atomic E-state index is 12.3. The molecule has 120 valence electrons. The molecule has 0 fully saturated rings. The van der Waals surface area contributed by atoms with E-state index >= 15 is 0 Å². The first kappa shape index (κ1) is 15.4. The molecule has 1 heterocycles. The minimum atomic E-state index is -0.531. The Hall–Kier alpha value is -3.48. The van der Waals surface area contributed by atoms with Crippen molar-refractivity contribution in [1.29, 1.82) is 0 Å². The summed E-state index contributed by atoms with van der Waals surface area (Å²) in [5, 5.41) is 17.7. The topological polar surface area (TPSA) is 90.1 Å². The quantitative estimate of drug-likeness (QED) is 0.577. The molecule has 0 aliphatic heterocycles. The highest BCUT2D eigenvalue weighted by Crippen LogP contribution is 2.16. The number of benzene rings is 2. The van der Waals surface area contributed by atoms with Crippen LogP contribution in [0.25, 0.3) is 0 Å². The van der Waals surface area contributed by atoms with Gasteiger partial charge in [0.25, 0.3) is 11.6 Å². The van der Waals surface area contributed by atoms with Gasteiger partial charge in [0.15, 0.2) is 0 Å². The highest BCUT2D eigenvalue weighted by molar-refractivity contribution is 6.04. The number of nitro benzene ring substituents is 1. The number of carbonyl (C=O) groups is 1. The van der Waals surface area contributed by atoms with E-state index in [1.54, 1.807) is 16.9 Å². The van der Waals surface area contributed by atoms with Gasteiger partial charge in [-0.2, -0.15) is 5.10 Å². The second-order valence-corrected chi connectivity index (χ2v) is 5.12. The normalized spacial score (nSPS) is 10.3. The standard InChI is InChI=1S/C17H14N4O3/c22-17(14-7-4-8-15(11-14)21(23)24)19-16-9-10-18-20(16)12-13-5-2-1-3-6-13/h1-11H,12H2,(H,19,22). The van der Waals surface area contributed by atoms with Crippen LogP contribution in [0.5, 0.6) is 0 Å². The molecule has 0 aliphatic carbocycles. The third-order valence-electron chi connectivity index (χ3n) is 3.45. The van der Waals surface area contributed by atoms with Gasteiger partial charge >= 0.3 is 0 Å². The molecule has 0 unspecified atom stereocenters. The molecular weight excluding hydrogens is 308 g/mol. The molecule has 0 atom stereocenters. The molecule has 1 aromatic heterocycles. The highest BCUT2D eigenvalue weighted by atomic mass is 16.6. The van der Waals surface area contributed by atoms with E-state index in [0.29, 0.717) is 12.4 Å². The van der Waals surface area contributed by atoms with Gasteiger partial charge in [-0.1, -0.05) is 36.4 Å². The lowest BCUT2D eigenvalue weighted by Crippen LogP contribution is -2.16. The third kappa shape index (κ3) is 3.46. The van der Waals surface area contributed by atoms with Crippen LogP contribution in [-0.2, 0) is 6.54 Å². The Labute approximate surface area is 137 Å². The van der Waals surface area contributed by atoms with Gasteiger partial charge in [-0.25, -0.2) is 4.68 Å². The van der Waals surface area contributed by atoms with Crippen LogP contribution in [0.2, 0.25) is 0 Å². The smallest absolute Gasteiger partial charge is 0.270 e. The fraction of sp³-hybridized carbons (Fsp3) is 0.0588. The van der Waals surface area contributed by atoms with Gasteiger partial charge in [0.2, 0.25) is 0 Å². The first-order valence-electron chi connectivity index (χ1n) is 7.25. The number of carbonyl (C=O) groups excluding carboxylic acids is 1.